The zero-order valence-corrected chi connectivity index (χ0v) is 26.9. The minimum absolute atomic E-state index is 0.320. The normalized spacial score (nSPS) is 10.3. The number of aryl methyl sites for hydroxylation is 4. The average molecular weight is 619 g/mol. The summed E-state index contributed by atoms with van der Waals surface area (Å²) in [5, 5.41) is 12.6. The molecule has 0 unspecified atom stereocenters. The van der Waals surface area contributed by atoms with Gasteiger partial charge in [0.05, 0.1) is 27.3 Å². The number of aromatic amines is 1. The number of nitrogens with one attached hydrogen (secondary N) is 2. The fraction of sp³-hybridized carbons (Fsp3) is 0.216. The van der Waals surface area contributed by atoms with Gasteiger partial charge >= 0.3 is 0 Å². The topological polar surface area (TPSA) is 120 Å². The van der Waals surface area contributed by atoms with E-state index in [4.69, 9.17) is 15.2 Å². The van der Waals surface area contributed by atoms with Crippen LogP contribution in [0.5, 0.6) is 11.5 Å². The molecule has 46 heavy (non-hydrogen) atoms. The maximum Gasteiger partial charge on any atom is 0.207 e. The lowest BCUT2D eigenvalue weighted by molar-refractivity contribution is -0.109. The molecule has 238 valence electrons. The molecular formula is C37H42N6O3. The summed E-state index contributed by atoms with van der Waals surface area (Å²) in [5.41, 5.74) is 12.3. The second kappa shape index (κ2) is 17.1. The second-order valence-corrected chi connectivity index (χ2v) is 10.7. The van der Waals surface area contributed by atoms with E-state index < -0.39 is 0 Å². The zero-order valence-electron chi connectivity index (χ0n) is 26.9. The van der Waals surface area contributed by atoms with Crippen molar-refractivity contribution in [3.8, 4) is 11.5 Å². The molecule has 0 saturated carbocycles. The first kappa shape index (κ1) is 33.3. The molecule has 6 rings (SSSR count). The van der Waals surface area contributed by atoms with Crippen LogP contribution in [-0.2, 0) is 30.7 Å². The largest absolute Gasteiger partial charge is 0.497 e. The predicted octanol–water partition coefficient (Wildman–Crippen LogP) is 6.43. The fourth-order valence-corrected chi connectivity index (χ4v) is 4.84. The Morgan fingerprint density at radius 2 is 1.57 bits per heavy atom. The molecule has 0 aliphatic heterocycles. The van der Waals surface area contributed by atoms with Gasteiger partial charge in [-0.25, -0.2) is 0 Å². The van der Waals surface area contributed by atoms with E-state index in [1.165, 1.54) is 27.6 Å². The monoisotopic (exact) mass is 618 g/mol. The van der Waals surface area contributed by atoms with Crippen molar-refractivity contribution in [2.75, 3.05) is 20.0 Å². The third-order valence-corrected chi connectivity index (χ3v) is 7.42. The van der Waals surface area contributed by atoms with Crippen molar-refractivity contribution in [1.82, 2.24) is 25.1 Å². The number of rotatable bonds is 10. The Balaban J connectivity index is 0.000000214. The van der Waals surface area contributed by atoms with E-state index in [9.17, 15) is 4.79 Å². The minimum atomic E-state index is 0.320. The summed E-state index contributed by atoms with van der Waals surface area (Å²) >= 11 is 0. The third-order valence-electron chi connectivity index (χ3n) is 7.42. The van der Waals surface area contributed by atoms with Crippen LogP contribution in [-0.4, -0.2) is 40.4 Å². The number of para-hydroxylation sites is 1. The number of fused-ring (bicyclic) bond motifs is 1. The molecule has 0 atom stereocenters. The number of carbonyl (C=O) groups excluding carboxylic acids is 1. The quantitative estimate of drug-likeness (QED) is 0.120. The summed E-state index contributed by atoms with van der Waals surface area (Å²) in [6, 6.07) is 32.1. The van der Waals surface area contributed by atoms with Gasteiger partial charge in [-0.2, -0.15) is 0 Å². The van der Waals surface area contributed by atoms with Gasteiger partial charge in [0, 0.05) is 40.8 Å². The number of H-pyrrole nitrogens is 1. The van der Waals surface area contributed by atoms with E-state index in [0.29, 0.717) is 25.3 Å². The van der Waals surface area contributed by atoms with E-state index in [-0.39, 0.29) is 0 Å². The Hall–Kier alpha value is -5.57. The van der Waals surface area contributed by atoms with Crippen molar-refractivity contribution in [2.45, 2.75) is 39.8 Å². The molecule has 9 heteroatoms. The van der Waals surface area contributed by atoms with Crippen molar-refractivity contribution in [1.29, 1.82) is 0 Å². The van der Waals surface area contributed by atoms with Gasteiger partial charge < -0.3 is 30.1 Å². The number of hydrogen-bond donors (Lipinski definition) is 3. The first-order chi connectivity index (χ1) is 22.4. The Kier molecular flexibility index (Phi) is 12.4. The van der Waals surface area contributed by atoms with Crippen molar-refractivity contribution in [3.63, 3.8) is 0 Å². The number of methoxy groups -OCH3 is 2. The molecule has 2 aromatic heterocycles. The van der Waals surface area contributed by atoms with E-state index in [2.05, 4.69) is 57.8 Å². The zero-order chi connectivity index (χ0) is 32.7. The molecule has 0 spiro atoms. The molecule has 4 N–H and O–H groups in total. The number of anilines is 1. The lowest BCUT2D eigenvalue weighted by Crippen LogP contribution is -2.17. The molecule has 0 bridgehead atoms. The van der Waals surface area contributed by atoms with Crippen LogP contribution in [0.1, 0.15) is 33.9 Å². The summed E-state index contributed by atoms with van der Waals surface area (Å²) in [6.07, 6.45) is 4.30. The maximum absolute atomic E-state index is 10.7. The number of aromatic nitrogens is 4. The van der Waals surface area contributed by atoms with Gasteiger partial charge in [0.1, 0.15) is 17.3 Å². The SMILES string of the molecule is COc1ccc(Cn2c(CCc3ccccc3)nnc2CNC=O)c(OC)c1.Cc1c[nH]c2ccccc12.Cc1ccc(N)cc1. The third kappa shape index (κ3) is 9.46. The highest BCUT2D eigenvalue weighted by molar-refractivity contribution is 5.82. The van der Waals surface area contributed by atoms with Crippen LogP contribution in [0.15, 0.2) is 103 Å². The summed E-state index contributed by atoms with van der Waals surface area (Å²) in [6.45, 7) is 5.01. The van der Waals surface area contributed by atoms with E-state index in [0.717, 1.165) is 41.4 Å². The van der Waals surface area contributed by atoms with Crippen molar-refractivity contribution in [2.24, 2.45) is 0 Å². The number of nitrogens with two attached hydrogens (primary N) is 1. The Bertz CT molecular complexity index is 1770. The van der Waals surface area contributed by atoms with Crippen LogP contribution in [0, 0.1) is 13.8 Å². The second-order valence-electron chi connectivity index (χ2n) is 10.7. The van der Waals surface area contributed by atoms with Gasteiger partial charge in [0.2, 0.25) is 6.41 Å². The number of nitrogen functional groups attached to an aromatic ring is 1. The molecule has 0 aliphatic rings. The summed E-state index contributed by atoms with van der Waals surface area (Å²) in [4.78, 5) is 13.9. The van der Waals surface area contributed by atoms with Crippen molar-refractivity contribution < 1.29 is 14.3 Å². The van der Waals surface area contributed by atoms with Gasteiger partial charge in [0.25, 0.3) is 0 Å². The Morgan fingerprint density at radius 1 is 0.848 bits per heavy atom. The van der Waals surface area contributed by atoms with E-state index >= 15 is 0 Å². The number of benzene rings is 4. The lowest BCUT2D eigenvalue weighted by atomic mass is 10.1. The summed E-state index contributed by atoms with van der Waals surface area (Å²) in [5.74, 6) is 3.03. The fourth-order valence-electron chi connectivity index (χ4n) is 4.84. The Morgan fingerprint density at radius 3 is 2.24 bits per heavy atom. The van der Waals surface area contributed by atoms with Crippen LogP contribution < -0.4 is 20.5 Å². The standard InChI is InChI=1S/C21H24N4O3.C9H9N.C7H9N/c1-27-18-10-9-17(19(12-18)28-2)14-25-20(23-24-21(25)13-22-15-26)11-8-16-6-4-3-5-7-16;1-7-6-10-9-5-3-2-4-8(7)9;1-6-2-4-7(8)5-3-6/h3-7,9-10,12,15H,8,11,13-14H2,1-2H3,(H,22,26);2-6,10H,1H3;2-5H,8H2,1H3. The molecule has 2 heterocycles. The van der Waals surface area contributed by atoms with Gasteiger partial charge in [0.15, 0.2) is 5.82 Å². The number of amides is 1. The first-order valence-electron chi connectivity index (χ1n) is 15.1. The van der Waals surface area contributed by atoms with Gasteiger partial charge in [-0.05, 0) is 61.7 Å². The Labute approximate surface area is 270 Å². The highest BCUT2D eigenvalue weighted by Gasteiger charge is 2.15. The van der Waals surface area contributed by atoms with Gasteiger partial charge in [-0.1, -0.05) is 66.2 Å². The molecular weight excluding hydrogens is 576 g/mol. The van der Waals surface area contributed by atoms with Crippen LogP contribution in [0.25, 0.3) is 10.9 Å². The summed E-state index contributed by atoms with van der Waals surface area (Å²) < 4.78 is 12.8. The van der Waals surface area contributed by atoms with Crippen LogP contribution in [0.3, 0.4) is 0 Å². The first-order valence-corrected chi connectivity index (χ1v) is 15.1. The van der Waals surface area contributed by atoms with Crippen LogP contribution in [0.4, 0.5) is 5.69 Å². The predicted molar refractivity (Wildman–Crippen MR) is 184 cm³/mol. The summed E-state index contributed by atoms with van der Waals surface area (Å²) in [7, 11) is 3.26. The van der Waals surface area contributed by atoms with Gasteiger partial charge in [-0.3, -0.25) is 4.79 Å². The number of nitrogens with zero attached hydrogens (tertiary/aromatic N) is 3. The number of hydrogen-bond acceptors (Lipinski definition) is 6. The molecule has 9 nitrogen and oxygen atoms in total. The molecule has 6 aromatic rings. The smallest absolute Gasteiger partial charge is 0.207 e. The van der Waals surface area contributed by atoms with Gasteiger partial charge in [-0.15, -0.1) is 10.2 Å². The average Bonchev–Trinajstić information content (AvgIpc) is 3.67. The highest BCUT2D eigenvalue weighted by Crippen LogP contribution is 2.26. The molecule has 0 radical (unpaired) electrons. The van der Waals surface area contributed by atoms with E-state index in [1.807, 2.05) is 84.4 Å². The number of carbonyl (C=O) groups is 1. The lowest BCUT2D eigenvalue weighted by Gasteiger charge is -2.14. The molecule has 1 amide bonds. The van der Waals surface area contributed by atoms with Crippen LogP contribution in [0.2, 0.25) is 0 Å². The highest BCUT2D eigenvalue weighted by atomic mass is 16.5. The van der Waals surface area contributed by atoms with Crippen molar-refractivity contribution >= 4 is 23.0 Å². The molecule has 4 aromatic carbocycles. The van der Waals surface area contributed by atoms with E-state index in [1.54, 1.807) is 14.2 Å². The minimum Gasteiger partial charge on any atom is -0.497 e. The number of ether oxygens (including phenoxy) is 2. The molecule has 0 saturated heterocycles. The maximum atomic E-state index is 10.7. The van der Waals surface area contributed by atoms with Crippen LogP contribution >= 0.6 is 0 Å². The molecule has 0 aliphatic carbocycles. The molecule has 0 fully saturated rings. The van der Waals surface area contributed by atoms with Crippen molar-refractivity contribution in [3.05, 3.63) is 137 Å².